The van der Waals surface area contributed by atoms with Gasteiger partial charge >= 0.3 is 11.9 Å². The number of rotatable bonds is 6. The Morgan fingerprint density at radius 1 is 0.812 bits per heavy atom. The van der Waals surface area contributed by atoms with Crippen molar-refractivity contribution < 1.29 is 19.1 Å². The van der Waals surface area contributed by atoms with Crippen molar-refractivity contribution in [2.75, 3.05) is 0 Å². The molecule has 0 bridgehead atoms. The lowest BCUT2D eigenvalue weighted by Crippen LogP contribution is -2.38. The molecule has 0 aliphatic heterocycles. The maximum Gasteiger partial charge on any atom is 0.333 e. The Bertz CT molecular complexity index is 679. The summed E-state index contributed by atoms with van der Waals surface area (Å²) in [5.74, 6) is 2.84. The monoisotopic (exact) mass is 446 g/mol. The highest BCUT2D eigenvalue weighted by atomic mass is 16.5. The van der Waals surface area contributed by atoms with Crippen molar-refractivity contribution in [2.24, 2.45) is 41.4 Å². The van der Waals surface area contributed by atoms with Crippen LogP contribution in [-0.2, 0) is 19.1 Å². The number of ether oxygens (including phenoxy) is 2. The molecule has 32 heavy (non-hydrogen) atoms. The molecule has 4 heteroatoms. The highest BCUT2D eigenvalue weighted by molar-refractivity contribution is 5.89. The van der Waals surface area contributed by atoms with Crippen LogP contribution in [-0.4, -0.2) is 24.1 Å². The van der Waals surface area contributed by atoms with Crippen LogP contribution in [0.4, 0.5) is 0 Å². The maximum atomic E-state index is 12.9. The Morgan fingerprint density at radius 3 is 1.81 bits per heavy atom. The van der Waals surface area contributed by atoms with Gasteiger partial charge in [0.05, 0.1) is 5.92 Å². The molecule has 182 valence electrons. The molecular formula is C28H46O4. The van der Waals surface area contributed by atoms with Gasteiger partial charge in [0.15, 0.2) is 0 Å². The van der Waals surface area contributed by atoms with E-state index in [1.165, 1.54) is 12.8 Å². The molecule has 7 atom stereocenters. The smallest absolute Gasteiger partial charge is 0.333 e. The van der Waals surface area contributed by atoms with E-state index in [4.69, 9.17) is 9.47 Å². The maximum absolute atomic E-state index is 12.9. The number of carbonyl (C=O) groups is 2. The minimum Gasteiger partial charge on any atom is -0.462 e. The van der Waals surface area contributed by atoms with Crippen LogP contribution in [0.5, 0.6) is 0 Å². The second-order valence-corrected chi connectivity index (χ2v) is 11.8. The highest BCUT2D eigenvalue weighted by Crippen LogP contribution is 2.38. The third kappa shape index (κ3) is 6.38. The number of hydrogen-bond acceptors (Lipinski definition) is 4. The third-order valence-corrected chi connectivity index (χ3v) is 8.46. The normalized spacial score (nSPS) is 36.0. The van der Waals surface area contributed by atoms with Gasteiger partial charge in [0.25, 0.3) is 0 Å². The summed E-state index contributed by atoms with van der Waals surface area (Å²) >= 11 is 0. The fraction of sp³-hybridized carbons (Fsp3) is 0.857. The van der Waals surface area contributed by atoms with Crippen molar-refractivity contribution in [3.63, 3.8) is 0 Å². The van der Waals surface area contributed by atoms with Crippen molar-refractivity contribution in [3.8, 4) is 0 Å². The molecule has 0 aromatic rings. The molecule has 0 saturated heterocycles. The number of hydrogen-bond donors (Lipinski definition) is 0. The van der Waals surface area contributed by atoms with Gasteiger partial charge in [0.2, 0.25) is 0 Å². The predicted octanol–water partition coefficient (Wildman–Crippen LogP) is 6.72. The van der Waals surface area contributed by atoms with Gasteiger partial charge in [-0.3, -0.25) is 4.79 Å². The van der Waals surface area contributed by atoms with Gasteiger partial charge in [0.1, 0.15) is 12.2 Å². The average molecular weight is 447 g/mol. The number of esters is 2. The van der Waals surface area contributed by atoms with Crippen LogP contribution in [0.3, 0.4) is 0 Å². The van der Waals surface area contributed by atoms with Crippen molar-refractivity contribution in [1.82, 2.24) is 0 Å². The summed E-state index contributed by atoms with van der Waals surface area (Å²) in [6.45, 7) is 13.4. The van der Waals surface area contributed by atoms with E-state index in [-0.39, 0.29) is 30.1 Å². The molecule has 3 aliphatic rings. The van der Waals surface area contributed by atoms with Gasteiger partial charge in [-0.15, -0.1) is 0 Å². The Labute approximate surface area is 195 Å². The summed E-state index contributed by atoms with van der Waals surface area (Å²) in [5.41, 5.74) is 0.751. The first-order chi connectivity index (χ1) is 15.2. The van der Waals surface area contributed by atoms with Gasteiger partial charge < -0.3 is 9.47 Å². The molecule has 0 spiro atoms. The Kier molecular flexibility index (Phi) is 8.86. The van der Waals surface area contributed by atoms with E-state index < -0.39 is 0 Å². The van der Waals surface area contributed by atoms with Gasteiger partial charge in [-0.05, 0) is 80.5 Å². The summed E-state index contributed by atoms with van der Waals surface area (Å²) in [6, 6.07) is 0. The lowest BCUT2D eigenvalue weighted by Gasteiger charge is -2.38. The standard InChI is InChI=1S/C28H46O4/c1-17(2)23-13-7-19(5)15-25(23)31-27(29)21-9-11-22(12-10-21)28(30)32-26-16-20(6)8-14-24(26)18(3)4/h9,17-20,22-26H,7-8,10-16H2,1-6H3/t19-,20-,22+,23-,24-,25-,26-/m1/s1. The molecule has 0 aromatic carbocycles. The lowest BCUT2D eigenvalue weighted by molar-refractivity contribution is -0.162. The topological polar surface area (TPSA) is 52.6 Å². The summed E-state index contributed by atoms with van der Waals surface area (Å²) < 4.78 is 12.1. The molecular weight excluding hydrogens is 400 g/mol. The molecule has 0 unspecified atom stereocenters. The molecule has 4 nitrogen and oxygen atoms in total. The SMILES string of the molecule is CC(C)[C@H]1CC[C@@H](C)C[C@H]1OC(=O)C1=CC[C@H](C(=O)O[C@@H]2C[C@H](C)CC[C@@H]2C(C)C)CC1. The molecule has 3 rings (SSSR count). The fourth-order valence-corrected chi connectivity index (χ4v) is 6.19. The molecule has 2 saturated carbocycles. The van der Waals surface area contributed by atoms with Gasteiger partial charge in [-0.1, -0.05) is 60.5 Å². The summed E-state index contributed by atoms with van der Waals surface area (Å²) in [4.78, 5) is 25.8. The van der Waals surface area contributed by atoms with Crippen LogP contribution in [0.1, 0.15) is 99.3 Å². The largest absolute Gasteiger partial charge is 0.462 e. The van der Waals surface area contributed by atoms with Crippen LogP contribution in [0.25, 0.3) is 0 Å². The zero-order valence-corrected chi connectivity index (χ0v) is 21.3. The van der Waals surface area contributed by atoms with Crippen molar-refractivity contribution in [1.29, 1.82) is 0 Å². The van der Waals surface area contributed by atoms with E-state index >= 15 is 0 Å². The van der Waals surface area contributed by atoms with Gasteiger partial charge in [0, 0.05) is 5.57 Å². The third-order valence-electron chi connectivity index (χ3n) is 8.46. The zero-order valence-electron chi connectivity index (χ0n) is 21.3. The van der Waals surface area contributed by atoms with E-state index in [0.29, 0.717) is 54.8 Å². The van der Waals surface area contributed by atoms with E-state index in [1.54, 1.807) is 0 Å². The van der Waals surface area contributed by atoms with E-state index in [9.17, 15) is 9.59 Å². The Balaban J connectivity index is 1.54. The molecule has 0 heterocycles. The van der Waals surface area contributed by atoms with E-state index in [1.807, 2.05) is 6.08 Å². The van der Waals surface area contributed by atoms with Crippen LogP contribution in [0, 0.1) is 41.4 Å². The zero-order chi connectivity index (χ0) is 23.4. The van der Waals surface area contributed by atoms with Crippen LogP contribution < -0.4 is 0 Å². The lowest BCUT2D eigenvalue weighted by atomic mass is 9.75. The quantitative estimate of drug-likeness (QED) is 0.425. The van der Waals surface area contributed by atoms with Gasteiger partial charge in [-0.2, -0.15) is 0 Å². The molecule has 0 N–H and O–H groups in total. The number of allylic oxidation sites excluding steroid dienone is 1. The Hall–Kier alpha value is -1.32. The minimum atomic E-state index is -0.164. The second-order valence-electron chi connectivity index (χ2n) is 11.8. The predicted molar refractivity (Wildman–Crippen MR) is 128 cm³/mol. The Morgan fingerprint density at radius 2 is 1.34 bits per heavy atom. The fourth-order valence-electron chi connectivity index (χ4n) is 6.19. The highest BCUT2D eigenvalue weighted by Gasteiger charge is 2.37. The number of carbonyl (C=O) groups excluding carboxylic acids is 2. The van der Waals surface area contributed by atoms with Crippen molar-refractivity contribution in [2.45, 2.75) is 112 Å². The first kappa shape index (κ1) is 25.3. The molecule has 3 aliphatic carbocycles. The summed E-state index contributed by atoms with van der Waals surface area (Å²) in [5, 5.41) is 0. The van der Waals surface area contributed by atoms with Crippen LogP contribution in [0.2, 0.25) is 0 Å². The van der Waals surface area contributed by atoms with E-state index in [2.05, 4.69) is 41.5 Å². The van der Waals surface area contributed by atoms with Crippen molar-refractivity contribution in [3.05, 3.63) is 11.6 Å². The molecule has 0 amide bonds. The van der Waals surface area contributed by atoms with Crippen LogP contribution >= 0.6 is 0 Å². The van der Waals surface area contributed by atoms with Crippen LogP contribution in [0.15, 0.2) is 11.6 Å². The molecule has 2 fully saturated rings. The molecule has 0 radical (unpaired) electrons. The molecule has 0 aromatic heterocycles. The first-order valence-electron chi connectivity index (χ1n) is 13.3. The van der Waals surface area contributed by atoms with E-state index in [0.717, 1.165) is 31.3 Å². The summed E-state index contributed by atoms with van der Waals surface area (Å²) in [6.07, 6.45) is 10.6. The summed E-state index contributed by atoms with van der Waals surface area (Å²) in [7, 11) is 0. The average Bonchev–Trinajstić information content (AvgIpc) is 2.73. The second kappa shape index (κ2) is 11.2. The van der Waals surface area contributed by atoms with Crippen molar-refractivity contribution >= 4 is 11.9 Å². The first-order valence-corrected chi connectivity index (χ1v) is 13.3. The minimum absolute atomic E-state index is 0.0242. The van der Waals surface area contributed by atoms with Gasteiger partial charge in [-0.25, -0.2) is 4.79 Å².